The lowest BCUT2D eigenvalue weighted by atomic mass is 9.88. The summed E-state index contributed by atoms with van der Waals surface area (Å²) in [4.78, 5) is 0. The third-order valence-electron chi connectivity index (χ3n) is 2.54. The van der Waals surface area contributed by atoms with Gasteiger partial charge in [-0.15, -0.1) is 0 Å². The normalized spacial score (nSPS) is 12.9. The number of methoxy groups -OCH3 is 1. The van der Waals surface area contributed by atoms with E-state index < -0.39 is 0 Å². The predicted molar refractivity (Wildman–Crippen MR) is 66.7 cm³/mol. The van der Waals surface area contributed by atoms with Gasteiger partial charge in [-0.2, -0.15) is 0 Å². The molecule has 0 spiro atoms. The van der Waals surface area contributed by atoms with Gasteiger partial charge in [0.2, 0.25) is 0 Å². The van der Waals surface area contributed by atoms with Crippen LogP contribution in [0.1, 0.15) is 46.5 Å². The number of nitrogens with one attached hydrogen (secondary N) is 1. The molecule has 0 unspecified atom stereocenters. The average molecular weight is 211 g/mol. The van der Waals surface area contributed by atoms with Gasteiger partial charge in [0.05, 0.1) is 6.61 Å². The fourth-order valence-electron chi connectivity index (χ4n) is 1.60. The molecular weight excluding hydrogens is 186 g/mol. The van der Waals surface area contributed by atoms with Crippen molar-refractivity contribution in [3.63, 3.8) is 0 Å². The summed E-state index contributed by atoms with van der Waals surface area (Å²) in [6.07, 6.45) is 8.28. The molecule has 0 rings (SSSR count). The Morgan fingerprint density at radius 1 is 1.33 bits per heavy atom. The molecule has 0 aliphatic heterocycles. The molecule has 0 fully saturated rings. The van der Waals surface area contributed by atoms with Crippen molar-refractivity contribution in [2.24, 2.45) is 5.41 Å². The third kappa shape index (κ3) is 8.37. The maximum absolute atomic E-state index is 7.03. The minimum atomic E-state index is 0.301. The molecule has 0 heterocycles. The van der Waals surface area contributed by atoms with Crippen LogP contribution < -0.4 is 0 Å². The molecule has 0 aliphatic carbocycles. The lowest BCUT2D eigenvalue weighted by Gasteiger charge is -2.23. The van der Waals surface area contributed by atoms with Crippen molar-refractivity contribution in [2.75, 3.05) is 13.7 Å². The largest absolute Gasteiger partial charge is 0.384 e. The second kappa shape index (κ2) is 7.63. The highest BCUT2D eigenvalue weighted by molar-refractivity contribution is 5.74. The highest BCUT2D eigenvalue weighted by atomic mass is 16.5. The van der Waals surface area contributed by atoms with Crippen LogP contribution >= 0.6 is 0 Å². The zero-order valence-electron chi connectivity index (χ0n) is 10.6. The lowest BCUT2D eigenvalue weighted by Crippen LogP contribution is -2.17. The van der Waals surface area contributed by atoms with Crippen LogP contribution in [0.2, 0.25) is 0 Å². The molecule has 2 heteroatoms. The Labute approximate surface area is 94.2 Å². The molecule has 0 amide bonds. The van der Waals surface area contributed by atoms with E-state index in [1.165, 1.54) is 25.5 Å². The number of unbranched alkanes of at least 4 members (excludes halogenated alkanes) is 2. The van der Waals surface area contributed by atoms with E-state index in [-0.39, 0.29) is 0 Å². The van der Waals surface area contributed by atoms with Gasteiger partial charge in [-0.3, -0.25) is 0 Å². The number of allylic oxidation sites excluding steroid dienone is 2. The van der Waals surface area contributed by atoms with Crippen LogP contribution in [-0.4, -0.2) is 19.9 Å². The number of ether oxygens (including phenoxy) is 1. The summed E-state index contributed by atoms with van der Waals surface area (Å²) in [6.45, 7) is 7.30. The molecule has 1 N–H and O–H groups in total. The van der Waals surface area contributed by atoms with Crippen LogP contribution in [-0.2, 0) is 4.74 Å². The van der Waals surface area contributed by atoms with Crippen molar-refractivity contribution < 1.29 is 4.74 Å². The van der Waals surface area contributed by atoms with Crippen molar-refractivity contribution in [2.45, 2.75) is 46.5 Å². The zero-order valence-corrected chi connectivity index (χ0v) is 10.6. The average Bonchev–Trinajstić information content (AvgIpc) is 2.16. The second-order valence-electron chi connectivity index (χ2n) is 4.94. The van der Waals surface area contributed by atoms with Gasteiger partial charge in [-0.1, -0.05) is 26.3 Å². The topological polar surface area (TPSA) is 33.1 Å². The quantitative estimate of drug-likeness (QED) is 0.480. The maximum atomic E-state index is 7.03. The molecule has 0 bridgehead atoms. The van der Waals surface area contributed by atoms with Crippen molar-refractivity contribution >= 4 is 6.21 Å². The van der Waals surface area contributed by atoms with E-state index in [2.05, 4.69) is 19.9 Å². The number of hydrogen-bond acceptors (Lipinski definition) is 2. The van der Waals surface area contributed by atoms with Crippen LogP contribution in [0.3, 0.4) is 0 Å². The molecule has 88 valence electrons. The van der Waals surface area contributed by atoms with Crippen LogP contribution in [0.4, 0.5) is 0 Å². The van der Waals surface area contributed by atoms with Gasteiger partial charge >= 0.3 is 0 Å². The molecular formula is C13H25NO. The van der Waals surface area contributed by atoms with Gasteiger partial charge in [0.25, 0.3) is 0 Å². The van der Waals surface area contributed by atoms with Crippen LogP contribution in [0.5, 0.6) is 0 Å². The van der Waals surface area contributed by atoms with Crippen molar-refractivity contribution in [1.29, 1.82) is 5.41 Å². The van der Waals surface area contributed by atoms with Gasteiger partial charge in [0, 0.05) is 13.3 Å². The van der Waals surface area contributed by atoms with E-state index in [0.29, 0.717) is 5.41 Å². The molecule has 0 aromatic carbocycles. The maximum Gasteiger partial charge on any atom is 0.0513 e. The zero-order chi connectivity index (χ0) is 11.7. The first kappa shape index (κ1) is 14.4. The molecule has 15 heavy (non-hydrogen) atoms. The van der Waals surface area contributed by atoms with Gasteiger partial charge in [-0.05, 0) is 37.2 Å². The molecule has 0 aromatic rings. The van der Waals surface area contributed by atoms with Crippen molar-refractivity contribution in [3.8, 4) is 0 Å². The predicted octanol–water partition coefficient (Wildman–Crippen LogP) is 3.82. The first-order valence-electron chi connectivity index (χ1n) is 5.68. The van der Waals surface area contributed by atoms with Gasteiger partial charge in [0.1, 0.15) is 0 Å². The first-order chi connectivity index (χ1) is 7.02. The third-order valence-corrected chi connectivity index (χ3v) is 2.54. The summed E-state index contributed by atoms with van der Waals surface area (Å²) in [5.41, 5.74) is 1.36. The molecule has 0 saturated heterocycles. The summed E-state index contributed by atoms with van der Waals surface area (Å²) >= 11 is 0. The van der Waals surface area contributed by atoms with Crippen LogP contribution in [0.25, 0.3) is 0 Å². The lowest BCUT2D eigenvalue weighted by molar-refractivity contribution is 0.0964. The SMILES string of the molecule is COCC(C)(C)CCCC/C=C(/C)C=N. The molecule has 0 radical (unpaired) electrons. The minimum absolute atomic E-state index is 0.301. The van der Waals surface area contributed by atoms with Gasteiger partial charge in [0.15, 0.2) is 0 Å². The molecule has 0 saturated carbocycles. The standard InChI is InChI=1S/C13H25NO/c1-12(10-14)8-6-5-7-9-13(2,3)11-15-4/h8,10,14H,5-7,9,11H2,1-4H3/b12-8-,14-10?. The number of hydrogen-bond donors (Lipinski definition) is 1. The van der Waals surface area contributed by atoms with E-state index in [0.717, 1.165) is 18.6 Å². The Balaban J connectivity index is 3.58. The number of rotatable bonds is 8. The van der Waals surface area contributed by atoms with Crippen LogP contribution in [0, 0.1) is 10.8 Å². The molecule has 0 aromatic heterocycles. The van der Waals surface area contributed by atoms with Crippen molar-refractivity contribution in [1.82, 2.24) is 0 Å². The molecule has 0 aliphatic rings. The minimum Gasteiger partial charge on any atom is -0.384 e. The summed E-state index contributed by atoms with van der Waals surface area (Å²) in [6, 6.07) is 0. The Morgan fingerprint density at radius 3 is 2.53 bits per heavy atom. The van der Waals surface area contributed by atoms with Crippen LogP contribution in [0.15, 0.2) is 11.6 Å². The highest BCUT2D eigenvalue weighted by Crippen LogP contribution is 2.23. The van der Waals surface area contributed by atoms with Gasteiger partial charge in [-0.25, -0.2) is 0 Å². The summed E-state index contributed by atoms with van der Waals surface area (Å²) in [5.74, 6) is 0. The summed E-state index contributed by atoms with van der Waals surface area (Å²) < 4.78 is 5.18. The Morgan fingerprint density at radius 2 is 2.00 bits per heavy atom. The van der Waals surface area contributed by atoms with Gasteiger partial charge < -0.3 is 10.1 Å². The van der Waals surface area contributed by atoms with E-state index in [9.17, 15) is 0 Å². The smallest absolute Gasteiger partial charge is 0.0513 e. The summed E-state index contributed by atoms with van der Waals surface area (Å²) in [7, 11) is 1.76. The fourth-order valence-corrected chi connectivity index (χ4v) is 1.60. The van der Waals surface area contributed by atoms with E-state index in [1.807, 2.05) is 6.92 Å². The molecule has 2 nitrogen and oxygen atoms in total. The second-order valence-corrected chi connectivity index (χ2v) is 4.94. The monoisotopic (exact) mass is 211 g/mol. The highest BCUT2D eigenvalue weighted by Gasteiger charge is 2.16. The Kier molecular flexibility index (Phi) is 7.31. The van der Waals surface area contributed by atoms with E-state index >= 15 is 0 Å². The first-order valence-corrected chi connectivity index (χ1v) is 5.68. The fraction of sp³-hybridized carbons (Fsp3) is 0.769. The Hall–Kier alpha value is -0.630. The Bertz CT molecular complexity index is 207. The van der Waals surface area contributed by atoms with Crippen molar-refractivity contribution in [3.05, 3.63) is 11.6 Å². The molecule has 0 atom stereocenters. The van der Waals surface area contributed by atoms with E-state index in [4.69, 9.17) is 10.1 Å². The van der Waals surface area contributed by atoms with E-state index in [1.54, 1.807) is 7.11 Å². The summed E-state index contributed by atoms with van der Waals surface area (Å²) in [5, 5.41) is 7.03.